The second kappa shape index (κ2) is 4.03. The standard InChI is InChI=1S/C8H5F5N2O/c9-7(10)3-1-15-6(8(11,12)13)4(2-16)5(3)14/h1-2,7H,(H2,14,15). The van der Waals surface area contributed by atoms with Gasteiger partial charge in [-0.1, -0.05) is 0 Å². The number of alkyl halides is 5. The van der Waals surface area contributed by atoms with E-state index >= 15 is 0 Å². The minimum atomic E-state index is -4.91. The third-order valence-electron chi connectivity index (χ3n) is 1.81. The van der Waals surface area contributed by atoms with Crippen molar-refractivity contribution < 1.29 is 26.7 Å². The van der Waals surface area contributed by atoms with Gasteiger partial charge in [-0.15, -0.1) is 0 Å². The molecule has 0 fully saturated rings. The van der Waals surface area contributed by atoms with E-state index in [2.05, 4.69) is 4.98 Å². The lowest BCUT2D eigenvalue weighted by Gasteiger charge is -2.12. The number of hydrogen-bond donors (Lipinski definition) is 1. The van der Waals surface area contributed by atoms with Gasteiger partial charge in [-0.05, 0) is 0 Å². The number of nitrogen functional groups attached to an aromatic ring is 1. The average molecular weight is 240 g/mol. The number of carbonyl (C=O) groups excluding carboxylic acids is 1. The van der Waals surface area contributed by atoms with Gasteiger partial charge in [-0.3, -0.25) is 9.78 Å². The van der Waals surface area contributed by atoms with Gasteiger partial charge < -0.3 is 5.73 Å². The van der Waals surface area contributed by atoms with E-state index in [-0.39, 0.29) is 6.29 Å². The fourth-order valence-corrected chi connectivity index (χ4v) is 1.08. The van der Waals surface area contributed by atoms with Crippen molar-refractivity contribution >= 4 is 12.0 Å². The number of aromatic nitrogens is 1. The van der Waals surface area contributed by atoms with Crippen LogP contribution >= 0.6 is 0 Å². The quantitative estimate of drug-likeness (QED) is 0.638. The third kappa shape index (κ3) is 2.10. The fraction of sp³-hybridized carbons (Fsp3) is 0.250. The molecular formula is C8H5F5N2O. The molecule has 16 heavy (non-hydrogen) atoms. The predicted octanol–water partition coefficient (Wildman–Crippen LogP) is 2.43. The fourth-order valence-electron chi connectivity index (χ4n) is 1.08. The van der Waals surface area contributed by atoms with Gasteiger partial charge in [0.2, 0.25) is 0 Å². The van der Waals surface area contributed by atoms with Gasteiger partial charge in [0.1, 0.15) is 0 Å². The van der Waals surface area contributed by atoms with Gasteiger partial charge >= 0.3 is 6.18 Å². The van der Waals surface area contributed by atoms with E-state index in [4.69, 9.17) is 5.73 Å². The molecule has 8 heteroatoms. The molecule has 3 nitrogen and oxygen atoms in total. The normalized spacial score (nSPS) is 11.9. The molecule has 0 aromatic carbocycles. The Morgan fingerprint density at radius 2 is 1.94 bits per heavy atom. The first-order valence-electron chi connectivity index (χ1n) is 3.88. The molecule has 0 aliphatic carbocycles. The van der Waals surface area contributed by atoms with Crippen LogP contribution in [0.5, 0.6) is 0 Å². The summed E-state index contributed by atoms with van der Waals surface area (Å²) >= 11 is 0. The number of nitrogens with two attached hydrogens (primary N) is 1. The van der Waals surface area contributed by atoms with Gasteiger partial charge in [0.15, 0.2) is 12.0 Å². The molecule has 0 saturated carbocycles. The minimum Gasteiger partial charge on any atom is -0.398 e. The predicted molar refractivity (Wildman–Crippen MR) is 44.0 cm³/mol. The van der Waals surface area contributed by atoms with Crippen LogP contribution in [0.15, 0.2) is 6.20 Å². The number of halogens is 5. The SMILES string of the molecule is Nc1c(C(F)F)cnc(C(F)(F)F)c1C=O. The van der Waals surface area contributed by atoms with Gasteiger partial charge in [0.05, 0.1) is 16.8 Å². The largest absolute Gasteiger partial charge is 0.434 e. The van der Waals surface area contributed by atoms with E-state index in [0.29, 0.717) is 6.20 Å². The molecular weight excluding hydrogens is 235 g/mol. The summed E-state index contributed by atoms with van der Waals surface area (Å²) in [5.41, 5.74) is 0.622. The van der Waals surface area contributed by atoms with Crippen molar-refractivity contribution in [1.29, 1.82) is 0 Å². The van der Waals surface area contributed by atoms with Crippen LogP contribution in [0.2, 0.25) is 0 Å². The summed E-state index contributed by atoms with van der Waals surface area (Å²) in [5, 5.41) is 0. The second-order valence-corrected chi connectivity index (χ2v) is 2.81. The van der Waals surface area contributed by atoms with Gasteiger partial charge in [-0.2, -0.15) is 13.2 Å². The zero-order chi connectivity index (χ0) is 12.5. The highest BCUT2D eigenvalue weighted by Crippen LogP contribution is 2.35. The second-order valence-electron chi connectivity index (χ2n) is 2.81. The van der Waals surface area contributed by atoms with Crippen LogP contribution in [0.3, 0.4) is 0 Å². The summed E-state index contributed by atoms with van der Waals surface area (Å²) in [6, 6.07) is 0. The van der Waals surface area contributed by atoms with E-state index in [1.54, 1.807) is 0 Å². The Morgan fingerprint density at radius 1 is 1.38 bits per heavy atom. The van der Waals surface area contributed by atoms with Crippen LogP contribution in [-0.2, 0) is 6.18 Å². The van der Waals surface area contributed by atoms with Crippen molar-refractivity contribution in [1.82, 2.24) is 4.98 Å². The first-order valence-corrected chi connectivity index (χ1v) is 3.88. The Hall–Kier alpha value is -1.73. The van der Waals surface area contributed by atoms with Crippen molar-refractivity contribution in [3.63, 3.8) is 0 Å². The number of rotatable bonds is 2. The topological polar surface area (TPSA) is 56.0 Å². The first kappa shape index (κ1) is 12.3. The molecule has 0 radical (unpaired) electrons. The lowest BCUT2D eigenvalue weighted by molar-refractivity contribution is -0.141. The van der Waals surface area contributed by atoms with Gasteiger partial charge in [-0.25, -0.2) is 8.78 Å². The maximum Gasteiger partial charge on any atom is 0.434 e. The minimum absolute atomic E-state index is 0.239. The molecule has 1 aromatic heterocycles. The number of carbonyl (C=O) groups is 1. The molecule has 0 aliphatic rings. The molecule has 0 amide bonds. The molecule has 88 valence electrons. The van der Waals surface area contributed by atoms with Gasteiger partial charge in [0, 0.05) is 6.20 Å². The Morgan fingerprint density at radius 3 is 2.31 bits per heavy atom. The molecule has 0 unspecified atom stereocenters. The average Bonchev–Trinajstić information content (AvgIpc) is 2.15. The Labute approximate surface area is 86.1 Å². The molecule has 2 N–H and O–H groups in total. The number of anilines is 1. The summed E-state index contributed by atoms with van der Waals surface area (Å²) in [5.74, 6) is 0. The summed E-state index contributed by atoms with van der Waals surface area (Å²) in [7, 11) is 0. The van der Waals surface area contributed by atoms with Crippen molar-refractivity contribution in [2.24, 2.45) is 0 Å². The smallest absolute Gasteiger partial charge is 0.398 e. The zero-order valence-electron chi connectivity index (χ0n) is 7.55. The highest BCUT2D eigenvalue weighted by molar-refractivity contribution is 5.86. The number of pyridine rings is 1. The highest BCUT2D eigenvalue weighted by Gasteiger charge is 2.37. The number of nitrogens with zero attached hydrogens (tertiary/aromatic N) is 1. The summed E-state index contributed by atoms with van der Waals surface area (Å²) in [6.07, 6.45) is -7.92. The molecule has 0 aliphatic heterocycles. The van der Waals surface area contributed by atoms with Crippen LogP contribution in [0, 0.1) is 0 Å². The molecule has 1 heterocycles. The Kier molecular flexibility index (Phi) is 3.11. The third-order valence-corrected chi connectivity index (χ3v) is 1.81. The van der Waals surface area contributed by atoms with Crippen LogP contribution in [0.25, 0.3) is 0 Å². The molecule has 0 atom stereocenters. The van der Waals surface area contributed by atoms with E-state index in [1.807, 2.05) is 0 Å². The lowest BCUT2D eigenvalue weighted by Crippen LogP contribution is -2.15. The summed E-state index contributed by atoms with van der Waals surface area (Å²) < 4.78 is 61.4. The summed E-state index contributed by atoms with van der Waals surface area (Å²) in [6.45, 7) is 0. The molecule has 1 aromatic rings. The van der Waals surface area contributed by atoms with E-state index in [9.17, 15) is 26.7 Å². The van der Waals surface area contributed by atoms with Crippen molar-refractivity contribution in [3.05, 3.63) is 23.0 Å². The monoisotopic (exact) mass is 240 g/mol. The van der Waals surface area contributed by atoms with Crippen LogP contribution in [-0.4, -0.2) is 11.3 Å². The number of aldehydes is 1. The highest BCUT2D eigenvalue weighted by atomic mass is 19.4. The van der Waals surface area contributed by atoms with Crippen LogP contribution in [0.4, 0.5) is 27.6 Å². The maximum atomic E-state index is 12.3. The Bertz CT molecular complexity index is 416. The van der Waals surface area contributed by atoms with E-state index in [1.165, 1.54) is 0 Å². The van der Waals surface area contributed by atoms with Crippen LogP contribution < -0.4 is 5.73 Å². The lowest BCUT2D eigenvalue weighted by atomic mass is 10.1. The van der Waals surface area contributed by atoms with Crippen molar-refractivity contribution in [3.8, 4) is 0 Å². The molecule has 1 rings (SSSR count). The van der Waals surface area contributed by atoms with Crippen LogP contribution in [0.1, 0.15) is 28.0 Å². The molecule has 0 bridgehead atoms. The van der Waals surface area contributed by atoms with Crippen molar-refractivity contribution in [2.45, 2.75) is 12.6 Å². The molecule has 0 saturated heterocycles. The zero-order valence-corrected chi connectivity index (χ0v) is 7.55. The van der Waals surface area contributed by atoms with Crippen molar-refractivity contribution in [2.75, 3.05) is 5.73 Å². The first-order chi connectivity index (χ1) is 7.29. The Balaban J connectivity index is 3.47. The van der Waals surface area contributed by atoms with E-state index < -0.39 is 35.1 Å². The number of hydrogen-bond acceptors (Lipinski definition) is 3. The maximum absolute atomic E-state index is 12.3. The molecule has 0 spiro atoms. The van der Waals surface area contributed by atoms with E-state index in [0.717, 1.165) is 0 Å². The van der Waals surface area contributed by atoms with Gasteiger partial charge in [0.25, 0.3) is 6.43 Å². The summed E-state index contributed by atoms with van der Waals surface area (Å²) in [4.78, 5) is 13.2.